The first kappa shape index (κ1) is 16.5. The summed E-state index contributed by atoms with van der Waals surface area (Å²) in [7, 11) is 1.06. The second kappa shape index (κ2) is 6.06. The number of ether oxygens (including phenoxy) is 1. The van der Waals surface area contributed by atoms with Crippen molar-refractivity contribution in [3.8, 4) is 0 Å². The summed E-state index contributed by atoms with van der Waals surface area (Å²) in [6.07, 6.45) is 0. The summed E-state index contributed by atoms with van der Waals surface area (Å²) < 4.78 is 4.44. The van der Waals surface area contributed by atoms with Crippen LogP contribution in [-0.4, -0.2) is 35.6 Å². The number of carbonyl (C=O) groups excluding carboxylic acids is 4. The number of nitrogens with zero attached hydrogens (tertiary/aromatic N) is 1. The van der Waals surface area contributed by atoms with Gasteiger partial charge in [0.1, 0.15) is 0 Å². The molecule has 1 aromatic rings. The fraction of sp³-hybridized carbons (Fsp3) is 0.286. The van der Waals surface area contributed by atoms with Gasteiger partial charge in [-0.2, -0.15) is 0 Å². The van der Waals surface area contributed by atoms with Crippen molar-refractivity contribution in [1.29, 1.82) is 0 Å². The van der Waals surface area contributed by atoms with E-state index in [0.29, 0.717) is 5.56 Å². The van der Waals surface area contributed by atoms with Gasteiger partial charge in [-0.25, -0.2) is 0 Å². The van der Waals surface area contributed by atoms with Crippen molar-refractivity contribution in [2.24, 2.45) is 5.92 Å². The van der Waals surface area contributed by atoms with Gasteiger partial charge >= 0.3 is 5.97 Å². The molecule has 2 rings (SSSR count). The second-order valence-electron chi connectivity index (χ2n) is 4.68. The molecule has 22 heavy (non-hydrogen) atoms. The number of fused-ring (bicyclic) bond motifs is 1. The van der Waals surface area contributed by atoms with Crippen LogP contribution in [-0.2, 0) is 25.7 Å². The minimum Gasteiger partial charge on any atom is -0.468 e. The number of hydrogen-bond acceptors (Lipinski definition) is 5. The molecule has 0 spiro atoms. The van der Waals surface area contributed by atoms with E-state index in [2.05, 4.69) is 4.74 Å². The van der Waals surface area contributed by atoms with Crippen LogP contribution in [0.1, 0.15) is 22.8 Å². The van der Waals surface area contributed by atoms with Crippen LogP contribution in [0.3, 0.4) is 0 Å². The van der Waals surface area contributed by atoms with Gasteiger partial charge in [0.05, 0.1) is 24.2 Å². The molecule has 1 heterocycles. The SMILES string of the molecule is COC(=O)C(C(C)=O)C(=O)N1Cc2c(Cl)ccc(Cl)c2C1=O. The van der Waals surface area contributed by atoms with Crippen LogP contribution in [0.25, 0.3) is 0 Å². The summed E-state index contributed by atoms with van der Waals surface area (Å²) in [5.74, 6) is -5.05. The minimum atomic E-state index is -1.68. The molecule has 0 saturated heterocycles. The average Bonchev–Trinajstić information content (AvgIpc) is 2.81. The lowest BCUT2D eigenvalue weighted by Gasteiger charge is -2.18. The number of hydrogen-bond donors (Lipinski definition) is 0. The molecule has 1 aliphatic rings. The number of amides is 2. The molecule has 1 unspecified atom stereocenters. The maximum atomic E-state index is 12.4. The molecule has 2 amide bonds. The van der Waals surface area contributed by atoms with Crippen LogP contribution in [0.4, 0.5) is 0 Å². The van der Waals surface area contributed by atoms with E-state index < -0.39 is 29.5 Å². The largest absolute Gasteiger partial charge is 0.468 e. The van der Waals surface area contributed by atoms with E-state index in [1.54, 1.807) is 0 Å². The molecule has 0 aliphatic carbocycles. The summed E-state index contributed by atoms with van der Waals surface area (Å²) in [4.78, 5) is 48.7. The molecule has 0 saturated carbocycles. The Balaban J connectivity index is 2.40. The van der Waals surface area contributed by atoms with Crippen LogP contribution in [0.2, 0.25) is 10.0 Å². The fourth-order valence-electron chi connectivity index (χ4n) is 2.24. The Bertz CT molecular complexity index is 701. The highest BCUT2D eigenvalue weighted by Crippen LogP contribution is 2.35. The lowest BCUT2D eigenvalue weighted by Crippen LogP contribution is -2.43. The van der Waals surface area contributed by atoms with E-state index in [9.17, 15) is 19.2 Å². The van der Waals surface area contributed by atoms with Gasteiger partial charge in [0.2, 0.25) is 0 Å². The number of carbonyl (C=O) groups is 4. The van der Waals surface area contributed by atoms with Gasteiger partial charge in [0.25, 0.3) is 11.8 Å². The Hall–Kier alpha value is -1.92. The van der Waals surface area contributed by atoms with E-state index in [4.69, 9.17) is 23.2 Å². The second-order valence-corrected chi connectivity index (χ2v) is 5.49. The summed E-state index contributed by atoms with van der Waals surface area (Å²) in [6, 6.07) is 2.95. The highest BCUT2D eigenvalue weighted by atomic mass is 35.5. The molecular weight excluding hydrogens is 333 g/mol. The molecule has 1 aromatic carbocycles. The van der Waals surface area contributed by atoms with Crippen molar-refractivity contribution < 1.29 is 23.9 Å². The summed E-state index contributed by atoms with van der Waals surface area (Å²) >= 11 is 12.0. The Morgan fingerprint density at radius 1 is 1.23 bits per heavy atom. The molecule has 1 atom stereocenters. The first-order valence-corrected chi connectivity index (χ1v) is 6.96. The van der Waals surface area contributed by atoms with Crippen LogP contribution in [0.5, 0.6) is 0 Å². The predicted molar refractivity (Wildman–Crippen MR) is 77.5 cm³/mol. The van der Waals surface area contributed by atoms with Crippen LogP contribution < -0.4 is 0 Å². The maximum absolute atomic E-state index is 12.4. The summed E-state index contributed by atoms with van der Waals surface area (Å²) in [5.41, 5.74) is 0.495. The van der Waals surface area contributed by atoms with E-state index in [0.717, 1.165) is 18.9 Å². The number of methoxy groups -OCH3 is 1. The number of imide groups is 1. The number of benzene rings is 1. The quantitative estimate of drug-likeness (QED) is 0.618. The molecule has 0 bridgehead atoms. The monoisotopic (exact) mass is 343 g/mol. The van der Waals surface area contributed by atoms with Crippen molar-refractivity contribution >= 4 is 46.8 Å². The minimum absolute atomic E-state index is 0.106. The van der Waals surface area contributed by atoms with Crippen molar-refractivity contribution in [1.82, 2.24) is 4.90 Å². The number of esters is 1. The highest BCUT2D eigenvalue weighted by molar-refractivity contribution is 6.37. The summed E-state index contributed by atoms with van der Waals surface area (Å²) in [6.45, 7) is 0.931. The molecule has 0 radical (unpaired) electrons. The number of rotatable bonds is 3. The molecule has 0 N–H and O–H groups in total. The van der Waals surface area contributed by atoms with E-state index >= 15 is 0 Å². The number of Topliss-reactive ketones (excluding diaryl/α,β-unsaturated/α-hetero) is 1. The zero-order chi connectivity index (χ0) is 16.6. The van der Waals surface area contributed by atoms with Crippen molar-refractivity contribution in [2.75, 3.05) is 7.11 Å². The molecule has 116 valence electrons. The number of halogens is 2. The Kier molecular flexibility index (Phi) is 4.53. The Morgan fingerprint density at radius 3 is 2.32 bits per heavy atom. The van der Waals surface area contributed by atoms with Crippen molar-refractivity contribution in [2.45, 2.75) is 13.5 Å². The van der Waals surface area contributed by atoms with E-state index in [1.807, 2.05) is 0 Å². The highest BCUT2D eigenvalue weighted by Gasteiger charge is 2.42. The van der Waals surface area contributed by atoms with Crippen molar-refractivity contribution in [3.05, 3.63) is 33.3 Å². The lowest BCUT2D eigenvalue weighted by molar-refractivity contribution is -0.155. The normalized spacial score (nSPS) is 14.5. The van der Waals surface area contributed by atoms with E-state index in [1.165, 1.54) is 12.1 Å². The van der Waals surface area contributed by atoms with Gasteiger partial charge in [-0.1, -0.05) is 23.2 Å². The first-order chi connectivity index (χ1) is 10.3. The molecular formula is C14H11Cl2NO5. The van der Waals surface area contributed by atoms with Gasteiger partial charge < -0.3 is 4.74 Å². The van der Waals surface area contributed by atoms with Gasteiger partial charge in [-0.15, -0.1) is 0 Å². The standard InChI is InChI=1S/C14H11Cl2NO5/c1-6(18)10(14(21)22-2)12(19)17-5-7-8(15)3-4-9(16)11(7)13(17)20/h3-4,10H,5H2,1-2H3. The Morgan fingerprint density at radius 2 is 1.82 bits per heavy atom. The molecule has 1 aliphatic heterocycles. The smallest absolute Gasteiger partial charge is 0.325 e. The zero-order valence-corrected chi connectivity index (χ0v) is 13.2. The average molecular weight is 344 g/mol. The van der Waals surface area contributed by atoms with Crippen LogP contribution in [0, 0.1) is 5.92 Å². The molecule has 0 fully saturated rings. The molecule has 6 nitrogen and oxygen atoms in total. The maximum Gasteiger partial charge on any atom is 0.325 e. The van der Waals surface area contributed by atoms with E-state index in [-0.39, 0.29) is 22.2 Å². The third-order valence-electron chi connectivity index (χ3n) is 3.34. The van der Waals surface area contributed by atoms with Crippen LogP contribution >= 0.6 is 23.2 Å². The van der Waals surface area contributed by atoms with Crippen molar-refractivity contribution in [3.63, 3.8) is 0 Å². The number of ketones is 1. The molecule has 0 aromatic heterocycles. The van der Waals surface area contributed by atoms with Gasteiger partial charge in [-0.3, -0.25) is 24.1 Å². The Labute approximate surface area is 135 Å². The topological polar surface area (TPSA) is 80.8 Å². The fourth-order valence-corrected chi connectivity index (χ4v) is 2.71. The third kappa shape index (κ3) is 2.60. The summed E-state index contributed by atoms with van der Waals surface area (Å²) in [5, 5.41) is 0.428. The predicted octanol–water partition coefficient (Wildman–Crippen LogP) is 1.85. The first-order valence-electron chi connectivity index (χ1n) is 6.20. The third-order valence-corrected chi connectivity index (χ3v) is 4.01. The lowest BCUT2D eigenvalue weighted by atomic mass is 10.0. The van der Waals surface area contributed by atoms with Gasteiger partial charge in [0, 0.05) is 10.6 Å². The van der Waals surface area contributed by atoms with Crippen LogP contribution in [0.15, 0.2) is 12.1 Å². The zero-order valence-electron chi connectivity index (χ0n) is 11.7. The molecule has 8 heteroatoms. The van der Waals surface area contributed by atoms with Gasteiger partial charge in [-0.05, 0) is 19.1 Å². The van der Waals surface area contributed by atoms with Gasteiger partial charge in [0.15, 0.2) is 11.7 Å².